The highest BCUT2D eigenvalue weighted by Gasteiger charge is 2.25. The molecule has 0 aliphatic heterocycles. The molecular formula is C9H10N6O3S3. The number of H-pyrrole nitrogens is 1. The number of aromatic nitrogens is 3. The normalized spacial score (nSPS) is 12.0. The van der Waals surface area contributed by atoms with Gasteiger partial charge in [0, 0.05) is 22.7 Å². The maximum absolute atomic E-state index is 12.4. The van der Waals surface area contributed by atoms with Gasteiger partial charge >= 0.3 is 4.87 Å². The van der Waals surface area contributed by atoms with Crippen LogP contribution in [0.3, 0.4) is 0 Å². The van der Waals surface area contributed by atoms with Crippen LogP contribution in [0.4, 0.5) is 5.82 Å². The van der Waals surface area contributed by atoms with Gasteiger partial charge < -0.3 is 10.4 Å². The summed E-state index contributed by atoms with van der Waals surface area (Å²) in [4.78, 5) is 17.9. The first-order chi connectivity index (χ1) is 10.0. The molecule has 0 fully saturated rings. The number of hydrogen-bond donors (Lipinski definition) is 4. The molecule has 3 aromatic rings. The van der Waals surface area contributed by atoms with Gasteiger partial charge in [0.05, 0.1) is 6.54 Å². The van der Waals surface area contributed by atoms with Crippen molar-refractivity contribution < 1.29 is 8.42 Å². The number of sulfonamides is 1. The number of anilines is 1. The van der Waals surface area contributed by atoms with Crippen LogP contribution in [-0.4, -0.2) is 22.8 Å². The molecule has 0 aliphatic carbocycles. The average molecular weight is 346 g/mol. The Morgan fingerprint density at radius 2 is 2.24 bits per heavy atom. The quantitative estimate of drug-likeness (QED) is 0.377. The molecular weight excluding hydrogens is 336 g/mol. The standard InChI is InChI=1S/C9H10N6O3S3/c10-14-6-7(15-1-2-19-8(15)13-6)21(17,18)11-3-5-4-20-9(16)12-5/h1-2,4,11,14H,3,10H2,(H,12,16). The monoisotopic (exact) mass is 346 g/mol. The number of hydrogen-bond acceptors (Lipinski definition) is 8. The molecule has 3 heterocycles. The second kappa shape index (κ2) is 5.23. The van der Waals surface area contributed by atoms with Crippen LogP contribution in [0.1, 0.15) is 5.69 Å². The van der Waals surface area contributed by atoms with Gasteiger partial charge in [0.25, 0.3) is 10.0 Å². The van der Waals surface area contributed by atoms with E-state index in [0.717, 1.165) is 11.3 Å². The van der Waals surface area contributed by atoms with E-state index in [4.69, 9.17) is 5.84 Å². The van der Waals surface area contributed by atoms with Crippen LogP contribution in [0.15, 0.2) is 26.8 Å². The number of nitrogens with one attached hydrogen (secondary N) is 3. The van der Waals surface area contributed by atoms with E-state index in [0.29, 0.717) is 10.7 Å². The Kier molecular flexibility index (Phi) is 3.54. The molecule has 9 nitrogen and oxygen atoms in total. The fourth-order valence-corrected chi connectivity index (χ4v) is 4.36. The van der Waals surface area contributed by atoms with E-state index in [-0.39, 0.29) is 22.3 Å². The van der Waals surface area contributed by atoms with E-state index < -0.39 is 10.0 Å². The van der Waals surface area contributed by atoms with Crippen LogP contribution >= 0.6 is 22.7 Å². The van der Waals surface area contributed by atoms with Crippen molar-refractivity contribution in [3.05, 3.63) is 32.3 Å². The van der Waals surface area contributed by atoms with E-state index in [2.05, 4.69) is 20.1 Å². The van der Waals surface area contributed by atoms with Crippen molar-refractivity contribution in [2.75, 3.05) is 5.43 Å². The van der Waals surface area contributed by atoms with Crippen molar-refractivity contribution in [3.63, 3.8) is 0 Å². The SMILES string of the molecule is NNc1nc2sccn2c1S(=O)(=O)NCc1csc(=O)[nH]1. The van der Waals surface area contributed by atoms with E-state index in [9.17, 15) is 13.2 Å². The van der Waals surface area contributed by atoms with Crippen LogP contribution < -0.4 is 20.9 Å². The minimum Gasteiger partial charge on any atom is -0.315 e. The predicted molar refractivity (Wildman–Crippen MR) is 79.8 cm³/mol. The fraction of sp³-hybridized carbons (Fsp3) is 0.111. The zero-order valence-corrected chi connectivity index (χ0v) is 12.8. The lowest BCUT2D eigenvalue weighted by molar-refractivity contribution is 0.576. The summed E-state index contributed by atoms with van der Waals surface area (Å²) in [5, 5.41) is 3.21. The first kappa shape index (κ1) is 14.2. The van der Waals surface area contributed by atoms with Gasteiger partial charge in [0.2, 0.25) is 5.03 Å². The summed E-state index contributed by atoms with van der Waals surface area (Å²) in [6.07, 6.45) is 1.59. The molecule has 0 unspecified atom stereocenters. The third-order valence-electron chi connectivity index (χ3n) is 2.63. The van der Waals surface area contributed by atoms with E-state index in [1.807, 2.05) is 0 Å². The highest BCUT2D eigenvalue weighted by atomic mass is 32.2. The van der Waals surface area contributed by atoms with Gasteiger partial charge in [-0.05, 0) is 0 Å². The molecule has 5 N–H and O–H groups in total. The molecule has 21 heavy (non-hydrogen) atoms. The molecule has 12 heteroatoms. The summed E-state index contributed by atoms with van der Waals surface area (Å²) >= 11 is 2.26. The number of nitrogens with two attached hydrogens (primary N) is 1. The summed E-state index contributed by atoms with van der Waals surface area (Å²) < 4.78 is 28.7. The number of imidazole rings is 1. The smallest absolute Gasteiger partial charge is 0.304 e. The number of nitrogens with zero attached hydrogens (tertiary/aromatic N) is 2. The van der Waals surface area contributed by atoms with E-state index >= 15 is 0 Å². The Morgan fingerprint density at radius 3 is 2.90 bits per heavy atom. The molecule has 0 saturated carbocycles. The van der Waals surface area contributed by atoms with Gasteiger partial charge in [-0.15, -0.1) is 11.3 Å². The highest BCUT2D eigenvalue weighted by Crippen LogP contribution is 2.24. The molecule has 0 aliphatic rings. The van der Waals surface area contributed by atoms with E-state index in [1.165, 1.54) is 15.7 Å². The third-order valence-corrected chi connectivity index (χ3v) is 5.53. The minimum atomic E-state index is -3.85. The minimum absolute atomic E-state index is 0.0253. The summed E-state index contributed by atoms with van der Waals surface area (Å²) in [5.41, 5.74) is 2.77. The predicted octanol–water partition coefficient (Wildman–Crippen LogP) is -0.0903. The van der Waals surface area contributed by atoms with Gasteiger partial charge in [-0.25, -0.2) is 19.0 Å². The number of aromatic amines is 1. The second-order valence-electron chi connectivity index (χ2n) is 3.96. The lowest BCUT2D eigenvalue weighted by Gasteiger charge is -2.06. The lowest BCUT2D eigenvalue weighted by Crippen LogP contribution is -2.26. The van der Waals surface area contributed by atoms with Crippen LogP contribution in [0.5, 0.6) is 0 Å². The van der Waals surface area contributed by atoms with Crippen LogP contribution in [0, 0.1) is 0 Å². The molecule has 0 aromatic carbocycles. The Hall–Kier alpha value is -1.73. The number of rotatable bonds is 5. The van der Waals surface area contributed by atoms with Gasteiger partial charge in [0.15, 0.2) is 10.8 Å². The Labute approximate surface area is 126 Å². The first-order valence-corrected chi connectivity index (χ1v) is 8.84. The zero-order chi connectivity index (χ0) is 15.0. The maximum Gasteiger partial charge on any atom is 0.304 e. The van der Waals surface area contributed by atoms with E-state index in [1.54, 1.807) is 17.0 Å². The van der Waals surface area contributed by atoms with Gasteiger partial charge in [-0.2, -0.15) is 4.98 Å². The topological polar surface area (TPSA) is 134 Å². The second-order valence-corrected chi connectivity index (χ2v) is 7.36. The Bertz CT molecular complexity index is 933. The molecule has 0 saturated heterocycles. The molecule has 3 aromatic heterocycles. The molecule has 0 atom stereocenters. The first-order valence-electron chi connectivity index (χ1n) is 5.60. The summed E-state index contributed by atoms with van der Waals surface area (Å²) in [5.74, 6) is 5.38. The zero-order valence-electron chi connectivity index (χ0n) is 10.4. The highest BCUT2D eigenvalue weighted by molar-refractivity contribution is 7.89. The molecule has 0 radical (unpaired) electrons. The number of fused-ring (bicyclic) bond motifs is 1. The fourth-order valence-electron chi connectivity index (χ4n) is 1.76. The van der Waals surface area contributed by atoms with Crippen molar-refractivity contribution in [1.82, 2.24) is 19.1 Å². The molecule has 112 valence electrons. The number of nitrogen functional groups attached to an aromatic ring is 1. The van der Waals surface area contributed by atoms with Crippen LogP contribution in [0.2, 0.25) is 0 Å². The van der Waals surface area contributed by atoms with Crippen LogP contribution in [0.25, 0.3) is 4.96 Å². The van der Waals surface area contributed by atoms with Gasteiger partial charge in [-0.3, -0.25) is 9.20 Å². The Balaban J connectivity index is 1.95. The van der Waals surface area contributed by atoms with Gasteiger partial charge in [-0.1, -0.05) is 11.3 Å². The van der Waals surface area contributed by atoms with Crippen molar-refractivity contribution >= 4 is 43.5 Å². The molecule has 0 amide bonds. The molecule has 3 rings (SSSR count). The largest absolute Gasteiger partial charge is 0.315 e. The maximum atomic E-state index is 12.4. The van der Waals surface area contributed by atoms with Gasteiger partial charge in [0.1, 0.15) is 0 Å². The molecule has 0 spiro atoms. The summed E-state index contributed by atoms with van der Waals surface area (Å²) in [6.45, 7) is -0.0253. The molecule has 0 bridgehead atoms. The van der Waals surface area contributed by atoms with Crippen LogP contribution in [-0.2, 0) is 16.6 Å². The van der Waals surface area contributed by atoms with Crippen molar-refractivity contribution in [1.29, 1.82) is 0 Å². The average Bonchev–Trinajstić information content (AvgIpc) is 3.10. The number of hydrazine groups is 1. The summed E-state index contributed by atoms with van der Waals surface area (Å²) in [6, 6.07) is 0. The van der Waals surface area contributed by atoms with Crippen molar-refractivity contribution in [2.24, 2.45) is 5.84 Å². The lowest BCUT2D eigenvalue weighted by atomic mass is 10.5. The third kappa shape index (κ3) is 2.58. The van der Waals surface area contributed by atoms with Crippen molar-refractivity contribution in [3.8, 4) is 0 Å². The summed E-state index contributed by atoms with van der Waals surface area (Å²) in [7, 11) is -3.85. The number of thiazole rings is 2. The van der Waals surface area contributed by atoms with Crippen molar-refractivity contribution in [2.45, 2.75) is 11.6 Å². The Morgan fingerprint density at radius 1 is 1.43 bits per heavy atom.